The highest BCUT2D eigenvalue weighted by Crippen LogP contribution is 2.33. The highest BCUT2D eigenvalue weighted by Gasteiger charge is 2.26. The van der Waals surface area contributed by atoms with Crippen molar-refractivity contribution in [3.63, 3.8) is 0 Å². The van der Waals surface area contributed by atoms with E-state index in [1.165, 1.54) is 10.4 Å². The van der Waals surface area contributed by atoms with Crippen LogP contribution in [0.15, 0.2) is 6.07 Å². The lowest BCUT2D eigenvalue weighted by Crippen LogP contribution is -2.17. The summed E-state index contributed by atoms with van der Waals surface area (Å²) in [5, 5.41) is 9.06. The smallest absolute Gasteiger partial charge is 0.190 e. The van der Waals surface area contributed by atoms with Crippen molar-refractivity contribution < 1.29 is 4.79 Å². The molecule has 0 saturated heterocycles. The summed E-state index contributed by atoms with van der Waals surface area (Å²) in [5.41, 5.74) is 1.30. The number of carbonyl (C=O) groups is 1. The zero-order valence-electron chi connectivity index (χ0n) is 10.0. The fraction of sp³-hybridized carbons (Fsp3) is 0.538. The number of carbonyl (C=O) groups excluding carboxylic acids is 1. The molecule has 4 heteroatoms. The largest absolute Gasteiger partial charge is 0.292 e. The summed E-state index contributed by atoms with van der Waals surface area (Å²) in [7, 11) is 0. The number of fused-ring (bicyclic) bond motifs is 1. The van der Waals surface area contributed by atoms with Gasteiger partial charge in [-0.2, -0.15) is 17.0 Å². The zero-order chi connectivity index (χ0) is 12.4. The van der Waals surface area contributed by atoms with Gasteiger partial charge in [-0.3, -0.25) is 4.79 Å². The number of Topliss-reactive ketones (excluding diaryl/α,β-unsaturated/α-hetero) is 1. The summed E-state index contributed by atoms with van der Waals surface area (Å²) in [6.07, 6.45) is 1.07. The minimum absolute atomic E-state index is 0.00639. The standard InChI is InChI=1S/C13H15NOS2/c1-8(2)10(6-14)13(15)12-5-9-7-16-4-3-11(9)17-12/h5,8,10H,3-4,7H2,1-2H3. The SMILES string of the molecule is CC(C)C(C#N)C(=O)c1cc2c(s1)CCSC2. The van der Waals surface area contributed by atoms with Gasteiger partial charge in [0, 0.05) is 10.6 Å². The molecule has 90 valence electrons. The van der Waals surface area contributed by atoms with Gasteiger partial charge in [-0.05, 0) is 29.7 Å². The highest BCUT2D eigenvalue weighted by atomic mass is 32.2. The molecule has 17 heavy (non-hydrogen) atoms. The van der Waals surface area contributed by atoms with Crippen molar-refractivity contribution in [2.45, 2.75) is 26.0 Å². The molecule has 2 rings (SSSR count). The van der Waals surface area contributed by atoms with Gasteiger partial charge in [-0.25, -0.2) is 0 Å². The fourth-order valence-corrected chi connectivity index (χ4v) is 4.28. The predicted octanol–water partition coefficient (Wildman–Crippen LogP) is 3.52. The Kier molecular flexibility index (Phi) is 3.90. The van der Waals surface area contributed by atoms with E-state index in [9.17, 15) is 4.79 Å². The predicted molar refractivity (Wildman–Crippen MR) is 72.5 cm³/mol. The third kappa shape index (κ3) is 2.56. The van der Waals surface area contributed by atoms with Gasteiger partial charge >= 0.3 is 0 Å². The maximum atomic E-state index is 12.2. The zero-order valence-corrected chi connectivity index (χ0v) is 11.7. The quantitative estimate of drug-likeness (QED) is 0.785. The third-order valence-corrected chi connectivity index (χ3v) is 5.22. The van der Waals surface area contributed by atoms with Gasteiger partial charge in [0.05, 0.1) is 10.9 Å². The molecule has 0 saturated carbocycles. The van der Waals surface area contributed by atoms with Crippen molar-refractivity contribution in [2.24, 2.45) is 11.8 Å². The van der Waals surface area contributed by atoms with Crippen LogP contribution in [0.4, 0.5) is 0 Å². The van der Waals surface area contributed by atoms with Crippen molar-refractivity contribution in [1.29, 1.82) is 5.26 Å². The van der Waals surface area contributed by atoms with Crippen LogP contribution < -0.4 is 0 Å². The number of hydrogen-bond acceptors (Lipinski definition) is 4. The lowest BCUT2D eigenvalue weighted by atomic mass is 9.92. The molecule has 1 aliphatic heterocycles. The minimum Gasteiger partial charge on any atom is -0.292 e. The fourth-order valence-electron chi connectivity index (χ4n) is 1.93. The number of hydrogen-bond donors (Lipinski definition) is 0. The number of aryl methyl sites for hydroxylation is 1. The third-order valence-electron chi connectivity index (χ3n) is 2.96. The summed E-state index contributed by atoms with van der Waals surface area (Å²) in [6, 6.07) is 4.13. The molecule has 0 spiro atoms. The molecule has 0 fully saturated rings. The molecular formula is C13H15NOS2. The molecule has 2 nitrogen and oxygen atoms in total. The number of thiophene rings is 1. The Balaban J connectivity index is 2.25. The Hall–Kier alpha value is -0.790. The lowest BCUT2D eigenvalue weighted by molar-refractivity contribution is 0.0928. The van der Waals surface area contributed by atoms with Gasteiger partial charge in [0.1, 0.15) is 5.92 Å². The molecule has 0 bridgehead atoms. The molecule has 0 amide bonds. The first-order valence-electron chi connectivity index (χ1n) is 5.76. The highest BCUT2D eigenvalue weighted by molar-refractivity contribution is 7.98. The Morgan fingerprint density at radius 1 is 1.53 bits per heavy atom. The summed E-state index contributed by atoms with van der Waals surface area (Å²) >= 11 is 3.50. The van der Waals surface area contributed by atoms with Crippen LogP contribution >= 0.6 is 23.1 Å². The Bertz CT molecular complexity index is 447. The number of thioether (sulfide) groups is 1. The monoisotopic (exact) mass is 265 g/mol. The first-order valence-corrected chi connectivity index (χ1v) is 7.73. The van der Waals surface area contributed by atoms with Gasteiger partial charge in [0.25, 0.3) is 0 Å². The molecule has 0 aromatic carbocycles. The number of ketones is 1. The summed E-state index contributed by atoms with van der Waals surface area (Å²) in [5.74, 6) is 1.75. The number of nitriles is 1. The molecule has 1 unspecified atom stereocenters. The lowest BCUT2D eigenvalue weighted by Gasteiger charge is -2.09. The molecule has 1 aromatic rings. The van der Waals surface area contributed by atoms with Crippen molar-refractivity contribution >= 4 is 28.9 Å². The minimum atomic E-state index is -0.497. The second-order valence-corrected chi connectivity index (χ2v) is 6.82. The van der Waals surface area contributed by atoms with Crippen LogP contribution in [-0.2, 0) is 12.2 Å². The Morgan fingerprint density at radius 3 is 2.88 bits per heavy atom. The van der Waals surface area contributed by atoms with E-state index in [-0.39, 0.29) is 11.7 Å². The topological polar surface area (TPSA) is 40.9 Å². The first-order chi connectivity index (χ1) is 8.13. The van der Waals surface area contributed by atoms with E-state index in [1.807, 2.05) is 31.7 Å². The van der Waals surface area contributed by atoms with Crippen molar-refractivity contribution in [3.8, 4) is 6.07 Å². The van der Waals surface area contributed by atoms with E-state index in [1.54, 1.807) is 11.3 Å². The van der Waals surface area contributed by atoms with Gasteiger partial charge in [0.2, 0.25) is 0 Å². The number of rotatable bonds is 3. The second-order valence-electron chi connectivity index (χ2n) is 4.58. The molecule has 2 heterocycles. The molecule has 0 N–H and O–H groups in total. The van der Waals surface area contributed by atoms with Gasteiger partial charge < -0.3 is 0 Å². The van der Waals surface area contributed by atoms with Crippen LogP contribution in [0.5, 0.6) is 0 Å². The van der Waals surface area contributed by atoms with E-state index < -0.39 is 5.92 Å². The summed E-state index contributed by atoms with van der Waals surface area (Å²) in [6.45, 7) is 3.85. The summed E-state index contributed by atoms with van der Waals surface area (Å²) < 4.78 is 0. The van der Waals surface area contributed by atoms with Crippen LogP contribution in [0, 0.1) is 23.2 Å². The van der Waals surface area contributed by atoms with Crippen molar-refractivity contribution in [3.05, 3.63) is 21.4 Å². The Morgan fingerprint density at radius 2 is 2.29 bits per heavy atom. The molecule has 0 aliphatic carbocycles. The van der Waals surface area contributed by atoms with Crippen LogP contribution in [0.2, 0.25) is 0 Å². The molecule has 0 radical (unpaired) electrons. The average Bonchev–Trinajstić information content (AvgIpc) is 2.72. The van der Waals surface area contributed by atoms with Gasteiger partial charge in [-0.1, -0.05) is 13.8 Å². The van der Waals surface area contributed by atoms with E-state index in [4.69, 9.17) is 5.26 Å². The van der Waals surface area contributed by atoms with E-state index >= 15 is 0 Å². The maximum absolute atomic E-state index is 12.2. The van der Waals surface area contributed by atoms with Crippen LogP contribution in [0.3, 0.4) is 0 Å². The normalized spacial score (nSPS) is 16.4. The average molecular weight is 265 g/mol. The summed E-state index contributed by atoms with van der Waals surface area (Å²) in [4.78, 5) is 14.3. The molecule has 1 atom stereocenters. The van der Waals surface area contributed by atoms with E-state index in [0.717, 1.165) is 22.8 Å². The van der Waals surface area contributed by atoms with E-state index in [0.29, 0.717) is 0 Å². The number of nitrogens with zero attached hydrogens (tertiary/aromatic N) is 1. The van der Waals surface area contributed by atoms with Crippen LogP contribution in [0.25, 0.3) is 0 Å². The maximum Gasteiger partial charge on any atom is 0.190 e. The van der Waals surface area contributed by atoms with Crippen molar-refractivity contribution in [1.82, 2.24) is 0 Å². The molecule has 1 aliphatic rings. The van der Waals surface area contributed by atoms with Gasteiger partial charge in [0.15, 0.2) is 5.78 Å². The second kappa shape index (κ2) is 5.24. The van der Waals surface area contributed by atoms with E-state index in [2.05, 4.69) is 6.07 Å². The van der Waals surface area contributed by atoms with Crippen LogP contribution in [-0.4, -0.2) is 11.5 Å². The molecule has 1 aromatic heterocycles. The van der Waals surface area contributed by atoms with Crippen molar-refractivity contribution in [2.75, 3.05) is 5.75 Å². The van der Waals surface area contributed by atoms with Gasteiger partial charge in [-0.15, -0.1) is 11.3 Å². The van der Waals surface area contributed by atoms with Crippen LogP contribution in [0.1, 0.15) is 34.0 Å². The Labute approximate surface area is 110 Å². The molecular weight excluding hydrogens is 250 g/mol. The first kappa shape index (κ1) is 12.7.